The van der Waals surface area contributed by atoms with Gasteiger partial charge in [-0.05, 0) is 50.1 Å². The molecule has 0 aliphatic carbocycles. The molecular weight excluding hydrogens is 418 g/mol. The maximum atomic E-state index is 12.4. The Morgan fingerprint density at radius 3 is 2.63 bits per heavy atom. The predicted octanol–water partition coefficient (Wildman–Crippen LogP) is 4.62. The Morgan fingerprint density at radius 2 is 1.97 bits per heavy atom. The number of carbonyl (C=O) groups is 1. The Labute approximate surface area is 184 Å². The second-order valence-corrected chi connectivity index (χ2v) is 8.14. The Bertz CT molecular complexity index is 1190. The summed E-state index contributed by atoms with van der Waals surface area (Å²) in [4.78, 5) is 12.4. The van der Waals surface area contributed by atoms with Crippen molar-refractivity contribution in [2.75, 3.05) is 5.75 Å². The van der Waals surface area contributed by atoms with Crippen molar-refractivity contribution in [1.29, 1.82) is 5.26 Å². The number of halogens is 1. The van der Waals surface area contributed by atoms with E-state index in [1.807, 2.05) is 60.9 Å². The first-order chi connectivity index (χ1) is 14.3. The van der Waals surface area contributed by atoms with Gasteiger partial charge in [0.05, 0.1) is 16.5 Å². The average molecular weight is 438 g/mol. The standard InChI is InChI=1S/C22H20ClN5OS/c1-13-8-9-14(2)19(10-13)28-21(16-6-4-5-7-18(16)23)26-27-22(28)30-12-20(29)17(11-24)15(3)25/h4-10H,12,25H2,1-3H3/b17-15+. The summed E-state index contributed by atoms with van der Waals surface area (Å²) in [5, 5.41) is 18.9. The predicted molar refractivity (Wildman–Crippen MR) is 120 cm³/mol. The lowest BCUT2D eigenvalue weighted by atomic mass is 10.1. The molecule has 0 aliphatic heterocycles. The van der Waals surface area contributed by atoms with Crippen molar-refractivity contribution in [1.82, 2.24) is 14.8 Å². The first-order valence-electron chi connectivity index (χ1n) is 9.14. The molecule has 30 heavy (non-hydrogen) atoms. The topological polar surface area (TPSA) is 97.6 Å². The second kappa shape index (κ2) is 9.16. The molecule has 0 unspecified atom stereocenters. The molecule has 0 fully saturated rings. The largest absolute Gasteiger partial charge is 0.401 e. The lowest BCUT2D eigenvalue weighted by Gasteiger charge is -2.14. The molecule has 0 spiro atoms. The van der Waals surface area contributed by atoms with Crippen LogP contribution in [-0.4, -0.2) is 26.3 Å². The first kappa shape index (κ1) is 21.6. The summed E-state index contributed by atoms with van der Waals surface area (Å²) >= 11 is 7.63. The second-order valence-electron chi connectivity index (χ2n) is 6.79. The molecule has 1 aromatic heterocycles. The van der Waals surface area contributed by atoms with Crippen LogP contribution in [0.25, 0.3) is 17.1 Å². The molecule has 0 saturated heterocycles. The van der Waals surface area contributed by atoms with E-state index in [4.69, 9.17) is 17.3 Å². The number of nitrogens with two attached hydrogens (primary N) is 1. The summed E-state index contributed by atoms with van der Waals surface area (Å²) in [5.41, 5.74) is 9.56. The fraction of sp³-hybridized carbons (Fsp3) is 0.182. The number of hydrogen-bond acceptors (Lipinski definition) is 6. The summed E-state index contributed by atoms with van der Waals surface area (Å²) in [6, 6.07) is 15.4. The zero-order valence-corrected chi connectivity index (χ0v) is 18.4. The van der Waals surface area contributed by atoms with Gasteiger partial charge >= 0.3 is 0 Å². The van der Waals surface area contributed by atoms with Crippen LogP contribution in [0.4, 0.5) is 0 Å². The van der Waals surface area contributed by atoms with E-state index >= 15 is 0 Å². The minimum Gasteiger partial charge on any atom is -0.401 e. The Morgan fingerprint density at radius 1 is 1.23 bits per heavy atom. The van der Waals surface area contributed by atoms with Crippen molar-refractivity contribution < 1.29 is 4.79 Å². The number of aromatic nitrogens is 3. The lowest BCUT2D eigenvalue weighted by molar-refractivity contribution is -0.112. The van der Waals surface area contributed by atoms with E-state index in [0.29, 0.717) is 16.0 Å². The number of nitriles is 1. The Hall–Kier alpha value is -3.08. The highest BCUT2D eigenvalue weighted by Crippen LogP contribution is 2.33. The number of ketones is 1. The van der Waals surface area contributed by atoms with E-state index in [2.05, 4.69) is 10.2 Å². The molecule has 3 aromatic rings. The molecule has 0 bridgehead atoms. The zero-order valence-electron chi connectivity index (χ0n) is 16.8. The van der Waals surface area contributed by atoms with Crippen LogP contribution < -0.4 is 5.73 Å². The van der Waals surface area contributed by atoms with Gasteiger partial charge in [-0.25, -0.2) is 0 Å². The van der Waals surface area contributed by atoms with Crippen LogP contribution in [0.2, 0.25) is 5.02 Å². The zero-order chi connectivity index (χ0) is 21.8. The molecule has 0 saturated carbocycles. The average Bonchev–Trinajstić information content (AvgIpc) is 3.12. The van der Waals surface area contributed by atoms with Gasteiger partial charge in [0.15, 0.2) is 16.8 Å². The minimum absolute atomic E-state index is 0.0168. The van der Waals surface area contributed by atoms with E-state index in [-0.39, 0.29) is 22.8 Å². The summed E-state index contributed by atoms with van der Waals surface area (Å²) in [6.45, 7) is 5.54. The van der Waals surface area contributed by atoms with Crippen molar-refractivity contribution in [2.24, 2.45) is 5.73 Å². The molecule has 0 aliphatic rings. The van der Waals surface area contributed by atoms with Crippen LogP contribution in [0.5, 0.6) is 0 Å². The van der Waals surface area contributed by atoms with Gasteiger partial charge in [-0.15, -0.1) is 10.2 Å². The maximum absolute atomic E-state index is 12.4. The van der Waals surface area contributed by atoms with Crippen LogP contribution in [0.3, 0.4) is 0 Å². The van der Waals surface area contributed by atoms with E-state index in [9.17, 15) is 10.1 Å². The molecule has 8 heteroatoms. The van der Waals surface area contributed by atoms with Gasteiger partial charge in [0.25, 0.3) is 0 Å². The first-order valence-corrected chi connectivity index (χ1v) is 10.5. The molecule has 0 atom stereocenters. The molecule has 1 heterocycles. The number of hydrogen-bond donors (Lipinski definition) is 1. The van der Waals surface area contributed by atoms with E-state index in [1.54, 1.807) is 6.07 Å². The number of aryl methyl sites for hydroxylation is 2. The number of allylic oxidation sites excluding steroid dienone is 2. The minimum atomic E-state index is -0.350. The van der Waals surface area contributed by atoms with Crippen molar-refractivity contribution in [3.8, 4) is 23.1 Å². The van der Waals surface area contributed by atoms with Crippen molar-refractivity contribution in [3.05, 3.63) is 69.9 Å². The van der Waals surface area contributed by atoms with Gasteiger partial charge in [-0.1, -0.05) is 47.6 Å². The highest BCUT2D eigenvalue weighted by Gasteiger charge is 2.21. The van der Waals surface area contributed by atoms with Gasteiger partial charge in [-0.2, -0.15) is 5.26 Å². The Balaban J connectivity index is 2.10. The third-order valence-electron chi connectivity index (χ3n) is 4.47. The fourth-order valence-electron chi connectivity index (χ4n) is 2.93. The monoisotopic (exact) mass is 437 g/mol. The number of carbonyl (C=O) groups excluding carboxylic acids is 1. The molecule has 0 amide bonds. The molecule has 3 rings (SSSR count). The van der Waals surface area contributed by atoms with Crippen LogP contribution >= 0.6 is 23.4 Å². The molecule has 152 valence electrons. The molecule has 2 aromatic carbocycles. The smallest absolute Gasteiger partial charge is 0.196 e. The van der Waals surface area contributed by atoms with Crippen LogP contribution in [-0.2, 0) is 4.79 Å². The van der Waals surface area contributed by atoms with E-state index < -0.39 is 0 Å². The van der Waals surface area contributed by atoms with Gasteiger partial charge < -0.3 is 5.73 Å². The van der Waals surface area contributed by atoms with E-state index in [1.165, 1.54) is 18.7 Å². The van der Waals surface area contributed by atoms with Crippen molar-refractivity contribution in [3.63, 3.8) is 0 Å². The normalized spacial score (nSPS) is 11.7. The van der Waals surface area contributed by atoms with Crippen molar-refractivity contribution in [2.45, 2.75) is 25.9 Å². The van der Waals surface area contributed by atoms with Gasteiger partial charge in [0.2, 0.25) is 0 Å². The maximum Gasteiger partial charge on any atom is 0.196 e. The summed E-state index contributed by atoms with van der Waals surface area (Å²) in [7, 11) is 0. The SMILES string of the molecule is C/C(N)=C(/C#N)C(=O)CSc1nnc(-c2ccccc2Cl)n1-c1cc(C)ccc1C. The number of rotatable bonds is 6. The van der Waals surface area contributed by atoms with Crippen LogP contribution in [0, 0.1) is 25.2 Å². The van der Waals surface area contributed by atoms with Gasteiger partial charge in [-0.3, -0.25) is 9.36 Å². The van der Waals surface area contributed by atoms with Crippen LogP contribution in [0.15, 0.2) is 58.9 Å². The number of thioether (sulfide) groups is 1. The van der Waals surface area contributed by atoms with Crippen molar-refractivity contribution >= 4 is 29.1 Å². The van der Waals surface area contributed by atoms with Gasteiger partial charge in [0, 0.05) is 11.3 Å². The third-order valence-corrected chi connectivity index (χ3v) is 5.73. The summed E-state index contributed by atoms with van der Waals surface area (Å²) < 4.78 is 1.90. The number of nitrogens with zero attached hydrogens (tertiary/aromatic N) is 4. The number of benzene rings is 2. The highest BCUT2D eigenvalue weighted by atomic mass is 35.5. The lowest BCUT2D eigenvalue weighted by Crippen LogP contribution is -2.11. The molecule has 2 N–H and O–H groups in total. The fourth-order valence-corrected chi connectivity index (χ4v) is 3.97. The van der Waals surface area contributed by atoms with E-state index in [0.717, 1.165) is 22.4 Å². The number of Topliss-reactive ketones (excluding diaryl/α,β-unsaturated/α-hetero) is 1. The third kappa shape index (κ3) is 4.40. The van der Waals surface area contributed by atoms with Gasteiger partial charge in [0.1, 0.15) is 11.6 Å². The molecule has 6 nitrogen and oxygen atoms in total. The highest BCUT2D eigenvalue weighted by molar-refractivity contribution is 7.99. The van der Waals surface area contributed by atoms with Crippen LogP contribution in [0.1, 0.15) is 18.1 Å². The quantitative estimate of drug-likeness (QED) is 0.343. The summed E-state index contributed by atoms with van der Waals surface area (Å²) in [5.74, 6) is 0.246. The Kier molecular flexibility index (Phi) is 6.60. The summed E-state index contributed by atoms with van der Waals surface area (Å²) in [6.07, 6.45) is 0. The molecular formula is C22H20ClN5OS. The molecule has 0 radical (unpaired) electrons.